The molecule has 1 saturated heterocycles. The van der Waals surface area contributed by atoms with Crippen LogP contribution in [0.25, 0.3) is 0 Å². The minimum atomic E-state index is -0.628. The van der Waals surface area contributed by atoms with Crippen LogP contribution in [0.3, 0.4) is 0 Å². The maximum absolute atomic E-state index is 12.8. The molecule has 1 aliphatic rings. The van der Waals surface area contributed by atoms with Crippen LogP contribution >= 0.6 is 0 Å². The van der Waals surface area contributed by atoms with Crippen molar-refractivity contribution in [1.82, 2.24) is 16.0 Å². The molecule has 0 spiro atoms. The van der Waals surface area contributed by atoms with Gasteiger partial charge in [0.2, 0.25) is 0 Å². The fourth-order valence-corrected chi connectivity index (χ4v) is 3.73. The molecule has 138 valence electrons. The highest BCUT2D eigenvalue weighted by Gasteiger charge is 2.38. The van der Waals surface area contributed by atoms with E-state index in [-0.39, 0.29) is 22.9 Å². The van der Waals surface area contributed by atoms with E-state index in [2.05, 4.69) is 43.6 Å². The third-order valence-corrected chi connectivity index (χ3v) is 4.34. The van der Waals surface area contributed by atoms with E-state index in [1.165, 1.54) is 12.1 Å². The molecule has 3 N–H and O–H groups in total. The summed E-state index contributed by atoms with van der Waals surface area (Å²) in [5.74, 6) is -1.52. The van der Waals surface area contributed by atoms with E-state index in [0.717, 1.165) is 18.4 Å². The van der Waals surface area contributed by atoms with E-state index in [1.54, 1.807) is 12.1 Å². The molecule has 0 atom stereocenters. The molecule has 6 heteroatoms. The van der Waals surface area contributed by atoms with Gasteiger partial charge in [-0.25, -0.2) is 4.39 Å². The number of hydrogen-bond acceptors (Lipinski definition) is 3. The average molecular weight is 349 g/mol. The van der Waals surface area contributed by atoms with Gasteiger partial charge in [-0.1, -0.05) is 12.1 Å². The Morgan fingerprint density at radius 1 is 1.08 bits per heavy atom. The molecule has 1 aromatic carbocycles. The normalized spacial score (nSPS) is 19.2. The molecule has 2 rings (SSSR count). The van der Waals surface area contributed by atoms with Gasteiger partial charge in [0.1, 0.15) is 5.82 Å². The molecular formula is C19H28FN3O2. The second-order valence-corrected chi connectivity index (χ2v) is 8.10. The summed E-state index contributed by atoms with van der Waals surface area (Å²) in [4.78, 5) is 24.1. The highest BCUT2D eigenvalue weighted by Crippen LogP contribution is 2.28. The molecule has 1 aromatic rings. The third-order valence-electron chi connectivity index (χ3n) is 4.34. The zero-order valence-electron chi connectivity index (χ0n) is 15.4. The number of benzene rings is 1. The fourth-order valence-electron chi connectivity index (χ4n) is 3.73. The summed E-state index contributed by atoms with van der Waals surface area (Å²) in [6, 6.07) is 6.05. The number of rotatable bonds is 4. The standard InChI is InChI=1S/C19H28FN3O2/c1-18(2)11-15(12-19(3,4)23-18)22-17(25)16(24)21-10-9-13-5-7-14(20)8-6-13/h5-8,15,23H,9-12H2,1-4H3,(H,21,24)(H,22,25). The summed E-state index contributed by atoms with van der Waals surface area (Å²) < 4.78 is 12.8. The first kappa shape index (κ1) is 19.4. The number of carbonyl (C=O) groups is 2. The summed E-state index contributed by atoms with van der Waals surface area (Å²) in [5, 5.41) is 9.00. The first-order chi connectivity index (χ1) is 11.6. The third kappa shape index (κ3) is 6.12. The van der Waals surface area contributed by atoms with E-state index < -0.39 is 11.8 Å². The number of piperidine rings is 1. The molecule has 0 radical (unpaired) electrons. The molecule has 1 heterocycles. The number of hydrogen-bond donors (Lipinski definition) is 3. The minimum absolute atomic E-state index is 0.0402. The van der Waals surface area contributed by atoms with Gasteiger partial charge >= 0.3 is 11.8 Å². The van der Waals surface area contributed by atoms with Crippen LogP contribution in [-0.2, 0) is 16.0 Å². The lowest BCUT2D eigenvalue weighted by Crippen LogP contribution is -2.62. The topological polar surface area (TPSA) is 70.2 Å². The van der Waals surface area contributed by atoms with Crippen LogP contribution in [0.1, 0.15) is 46.1 Å². The smallest absolute Gasteiger partial charge is 0.309 e. The van der Waals surface area contributed by atoms with Crippen LogP contribution in [0.5, 0.6) is 0 Å². The number of carbonyl (C=O) groups excluding carboxylic acids is 2. The van der Waals surface area contributed by atoms with Crippen LogP contribution in [-0.4, -0.2) is 35.5 Å². The monoisotopic (exact) mass is 349 g/mol. The van der Waals surface area contributed by atoms with Crippen molar-refractivity contribution in [2.45, 2.75) is 64.1 Å². The Morgan fingerprint density at radius 2 is 1.64 bits per heavy atom. The predicted octanol–water partition coefficient (Wildman–Crippen LogP) is 1.91. The molecule has 0 saturated carbocycles. The molecule has 25 heavy (non-hydrogen) atoms. The molecule has 0 aliphatic carbocycles. The van der Waals surface area contributed by atoms with Gasteiger partial charge in [-0.2, -0.15) is 0 Å². The van der Waals surface area contributed by atoms with E-state index in [1.807, 2.05) is 0 Å². The predicted molar refractivity (Wildman–Crippen MR) is 95.6 cm³/mol. The maximum atomic E-state index is 12.8. The lowest BCUT2D eigenvalue weighted by atomic mass is 9.79. The first-order valence-electron chi connectivity index (χ1n) is 8.69. The molecule has 5 nitrogen and oxygen atoms in total. The van der Waals surface area contributed by atoms with Crippen molar-refractivity contribution in [2.24, 2.45) is 0 Å². The first-order valence-corrected chi connectivity index (χ1v) is 8.69. The molecule has 2 amide bonds. The Bertz CT molecular complexity index is 610. The van der Waals surface area contributed by atoms with E-state index >= 15 is 0 Å². The zero-order chi connectivity index (χ0) is 18.7. The second-order valence-electron chi connectivity index (χ2n) is 8.10. The number of amides is 2. The largest absolute Gasteiger partial charge is 0.348 e. The van der Waals surface area contributed by atoms with Crippen molar-refractivity contribution in [2.75, 3.05) is 6.54 Å². The molecule has 1 fully saturated rings. The highest BCUT2D eigenvalue weighted by atomic mass is 19.1. The van der Waals surface area contributed by atoms with Crippen LogP contribution in [0.4, 0.5) is 4.39 Å². The lowest BCUT2D eigenvalue weighted by molar-refractivity contribution is -0.140. The van der Waals surface area contributed by atoms with Crippen LogP contribution < -0.4 is 16.0 Å². The quantitative estimate of drug-likeness (QED) is 0.727. The number of nitrogens with one attached hydrogen (secondary N) is 3. The van der Waals surface area contributed by atoms with Crippen molar-refractivity contribution < 1.29 is 14.0 Å². The number of halogens is 1. The van der Waals surface area contributed by atoms with Gasteiger partial charge in [0.15, 0.2) is 0 Å². The van der Waals surface area contributed by atoms with Gasteiger partial charge in [-0.3, -0.25) is 9.59 Å². The van der Waals surface area contributed by atoms with Gasteiger partial charge in [0.25, 0.3) is 0 Å². The van der Waals surface area contributed by atoms with Crippen LogP contribution in [0, 0.1) is 5.82 Å². The second kappa shape index (κ2) is 7.52. The van der Waals surface area contributed by atoms with E-state index in [9.17, 15) is 14.0 Å². The van der Waals surface area contributed by atoms with Crippen molar-refractivity contribution in [1.29, 1.82) is 0 Å². The molecular weight excluding hydrogens is 321 g/mol. The fraction of sp³-hybridized carbons (Fsp3) is 0.579. The van der Waals surface area contributed by atoms with E-state index in [4.69, 9.17) is 0 Å². The van der Waals surface area contributed by atoms with Gasteiger partial charge in [0, 0.05) is 23.7 Å². The lowest BCUT2D eigenvalue weighted by Gasteiger charge is -2.46. The van der Waals surface area contributed by atoms with Crippen molar-refractivity contribution >= 4 is 11.8 Å². The molecule has 1 aliphatic heterocycles. The van der Waals surface area contributed by atoms with Gasteiger partial charge < -0.3 is 16.0 Å². The Morgan fingerprint density at radius 3 is 2.20 bits per heavy atom. The summed E-state index contributed by atoms with van der Waals surface area (Å²) in [6.45, 7) is 8.71. The summed E-state index contributed by atoms with van der Waals surface area (Å²) in [6.07, 6.45) is 2.09. The summed E-state index contributed by atoms with van der Waals surface area (Å²) in [5.41, 5.74) is 0.710. The van der Waals surface area contributed by atoms with Crippen molar-refractivity contribution in [3.63, 3.8) is 0 Å². The van der Waals surface area contributed by atoms with Crippen LogP contribution in [0.2, 0.25) is 0 Å². The Labute approximate surface area is 148 Å². The van der Waals surface area contributed by atoms with Crippen molar-refractivity contribution in [3.8, 4) is 0 Å². The summed E-state index contributed by atoms with van der Waals surface area (Å²) in [7, 11) is 0. The molecule has 0 aromatic heterocycles. The van der Waals surface area contributed by atoms with Gasteiger partial charge in [-0.15, -0.1) is 0 Å². The minimum Gasteiger partial charge on any atom is -0.348 e. The Hall–Kier alpha value is -1.95. The van der Waals surface area contributed by atoms with Gasteiger partial charge in [0.05, 0.1) is 0 Å². The average Bonchev–Trinajstić information content (AvgIpc) is 2.45. The SMILES string of the molecule is CC1(C)CC(NC(=O)C(=O)NCCc2ccc(F)cc2)CC(C)(C)N1. The van der Waals surface area contributed by atoms with Crippen molar-refractivity contribution in [3.05, 3.63) is 35.6 Å². The maximum Gasteiger partial charge on any atom is 0.309 e. The molecule has 0 unspecified atom stereocenters. The zero-order valence-corrected chi connectivity index (χ0v) is 15.4. The van der Waals surface area contributed by atoms with E-state index in [0.29, 0.717) is 13.0 Å². The summed E-state index contributed by atoms with van der Waals surface area (Å²) >= 11 is 0. The van der Waals surface area contributed by atoms with Gasteiger partial charge in [-0.05, 0) is 64.7 Å². The molecule has 0 bridgehead atoms. The highest BCUT2D eigenvalue weighted by molar-refractivity contribution is 6.35. The van der Waals surface area contributed by atoms with Crippen LogP contribution in [0.15, 0.2) is 24.3 Å². The Kier molecular flexibility index (Phi) is 5.83. The Balaban J connectivity index is 1.79.